The molecule has 0 saturated carbocycles. The van der Waals surface area contributed by atoms with Gasteiger partial charge < -0.3 is 24.7 Å². The Labute approximate surface area is 206 Å². The smallest absolute Gasteiger partial charge is 0.427 e. The van der Waals surface area contributed by atoms with E-state index in [0.717, 1.165) is 18.4 Å². The van der Waals surface area contributed by atoms with Crippen LogP contribution in [0.5, 0.6) is 11.5 Å². The summed E-state index contributed by atoms with van der Waals surface area (Å²) in [6, 6.07) is 5.25. The molecular formula is C25H36N4O6. The second-order valence-corrected chi connectivity index (χ2v) is 9.90. The van der Waals surface area contributed by atoms with Crippen molar-refractivity contribution in [3.8, 4) is 11.5 Å². The third kappa shape index (κ3) is 9.30. The Morgan fingerprint density at radius 3 is 2.00 bits per heavy atom. The van der Waals surface area contributed by atoms with Gasteiger partial charge in [-0.05, 0) is 78.5 Å². The minimum atomic E-state index is -0.908. The van der Waals surface area contributed by atoms with Crippen LogP contribution in [-0.2, 0) is 15.9 Å². The number of methoxy groups -OCH3 is 1. The quantitative estimate of drug-likeness (QED) is 0.396. The number of aryl methyl sites for hydroxylation is 1. The van der Waals surface area contributed by atoms with Gasteiger partial charge >= 0.3 is 12.2 Å². The highest BCUT2D eigenvalue weighted by Gasteiger charge is 2.34. The number of ether oxygens (including phenoxy) is 4. The van der Waals surface area contributed by atoms with E-state index in [2.05, 4.69) is 9.97 Å². The monoisotopic (exact) mass is 488 g/mol. The number of carbonyl (C=O) groups is 2. The first-order chi connectivity index (χ1) is 16.3. The molecule has 0 aliphatic rings. The third-order valence-electron chi connectivity index (χ3n) is 4.35. The highest BCUT2D eigenvalue weighted by molar-refractivity contribution is 6.08. The molecule has 0 spiro atoms. The number of imide groups is 1. The molecule has 0 aliphatic heterocycles. The maximum atomic E-state index is 12.7. The molecule has 0 aliphatic carbocycles. The first-order valence-electron chi connectivity index (χ1n) is 11.4. The second kappa shape index (κ2) is 11.7. The van der Waals surface area contributed by atoms with Crippen LogP contribution >= 0.6 is 0 Å². The topological polar surface area (TPSA) is 126 Å². The fourth-order valence-corrected chi connectivity index (χ4v) is 2.86. The summed E-state index contributed by atoms with van der Waals surface area (Å²) in [5.74, 6) is 1.11. The molecule has 2 N–H and O–H groups in total. The van der Waals surface area contributed by atoms with Gasteiger partial charge in [0.2, 0.25) is 5.95 Å². The number of hydrogen-bond acceptors (Lipinski definition) is 9. The molecule has 1 aromatic heterocycles. The number of nitrogens with two attached hydrogens (primary N) is 1. The van der Waals surface area contributed by atoms with Crippen LogP contribution in [-0.4, -0.2) is 47.1 Å². The largest absolute Gasteiger partial charge is 0.493 e. The Bertz CT molecular complexity index is 968. The third-order valence-corrected chi connectivity index (χ3v) is 4.35. The highest BCUT2D eigenvalue weighted by atomic mass is 16.6. The van der Waals surface area contributed by atoms with Crippen molar-refractivity contribution in [1.29, 1.82) is 0 Å². The summed E-state index contributed by atoms with van der Waals surface area (Å²) in [5.41, 5.74) is 5.60. The number of nitrogens with zero attached hydrogens (tertiary/aromatic N) is 3. The molecule has 2 amide bonds. The summed E-state index contributed by atoms with van der Waals surface area (Å²) < 4.78 is 21.8. The Morgan fingerprint density at radius 1 is 0.914 bits per heavy atom. The van der Waals surface area contributed by atoms with Crippen LogP contribution < -0.4 is 20.1 Å². The van der Waals surface area contributed by atoms with Crippen LogP contribution in [0.15, 0.2) is 30.6 Å². The maximum Gasteiger partial charge on any atom is 0.427 e. The van der Waals surface area contributed by atoms with Gasteiger partial charge in [-0.3, -0.25) is 0 Å². The zero-order valence-corrected chi connectivity index (χ0v) is 21.6. The summed E-state index contributed by atoms with van der Waals surface area (Å²) in [5, 5.41) is 0. The fraction of sp³-hybridized carbons (Fsp3) is 0.520. The number of rotatable bonds is 8. The van der Waals surface area contributed by atoms with E-state index in [9.17, 15) is 9.59 Å². The van der Waals surface area contributed by atoms with E-state index >= 15 is 0 Å². The van der Waals surface area contributed by atoms with Crippen molar-refractivity contribution >= 4 is 23.8 Å². The van der Waals surface area contributed by atoms with Gasteiger partial charge in [0.25, 0.3) is 0 Å². The Morgan fingerprint density at radius 2 is 1.49 bits per heavy atom. The van der Waals surface area contributed by atoms with Gasteiger partial charge in [-0.1, -0.05) is 0 Å². The molecule has 192 valence electrons. The van der Waals surface area contributed by atoms with Gasteiger partial charge in [0.15, 0.2) is 11.5 Å². The van der Waals surface area contributed by atoms with Crippen molar-refractivity contribution in [1.82, 2.24) is 9.97 Å². The summed E-state index contributed by atoms with van der Waals surface area (Å²) >= 11 is 0. The average molecular weight is 489 g/mol. The number of nitrogen functional groups attached to an aromatic ring is 1. The zero-order valence-electron chi connectivity index (χ0n) is 21.6. The predicted molar refractivity (Wildman–Crippen MR) is 133 cm³/mol. The number of amides is 2. The van der Waals surface area contributed by atoms with E-state index in [-0.39, 0.29) is 5.95 Å². The van der Waals surface area contributed by atoms with Crippen molar-refractivity contribution in [2.75, 3.05) is 24.4 Å². The van der Waals surface area contributed by atoms with Crippen LogP contribution in [0.25, 0.3) is 0 Å². The van der Waals surface area contributed by atoms with Gasteiger partial charge in [0.05, 0.1) is 13.7 Å². The van der Waals surface area contributed by atoms with E-state index < -0.39 is 23.4 Å². The molecule has 2 aromatic rings. The zero-order chi connectivity index (χ0) is 26.2. The second-order valence-electron chi connectivity index (χ2n) is 9.90. The van der Waals surface area contributed by atoms with Crippen LogP contribution in [0.3, 0.4) is 0 Å². The number of anilines is 2. The van der Waals surface area contributed by atoms with Gasteiger partial charge in [-0.2, -0.15) is 0 Å². The van der Waals surface area contributed by atoms with Crippen molar-refractivity contribution < 1.29 is 28.5 Å². The summed E-state index contributed by atoms with van der Waals surface area (Å²) in [4.78, 5) is 34.5. The van der Waals surface area contributed by atoms with E-state index in [0.29, 0.717) is 35.1 Å². The fourth-order valence-electron chi connectivity index (χ4n) is 2.86. The lowest BCUT2D eigenvalue weighted by Gasteiger charge is -2.27. The van der Waals surface area contributed by atoms with Crippen LogP contribution in [0.2, 0.25) is 0 Å². The maximum absolute atomic E-state index is 12.7. The van der Waals surface area contributed by atoms with E-state index in [1.54, 1.807) is 79.2 Å². The van der Waals surface area contributed by atoms with Gasteiger partial charge in [-0.15, -0.1) is 4.90 Å². The molecule has 0 bridgehead atoms. The summed E-state index contributed by atoms with van der Waals surface area (Å²) in [6.07, 6.45) is 3.65. The van der Waals surface area contributed by atoms with Gasteiger partial charge in [0.1, 0.15) is 11.2 Å². The van der Waals surface area contributed by atoms with Crippen LogP contribution in [0.4, 0.5) is 21.2 Å². The van der Waals surface area contributed by atoms with Gasteiger partial charge in [-0.25, -0.2) is 19.6 Å². The normalized spacial score (nSPS) is 11.5. The van der Waals surface area contributed by atoms with E-state index in [4.69, 9.17) is 24.7 Å². The number of benzene rings is 1. The standard InChI is InChI=1S/C25H36N4O6/c1-24(2,3)34-22(30)29(23(31)35-25(4,5)6)21-27-15-17(16-28-21)10-8-9-13-33-19-12-11-18(26)14-20(19)32-7/h11-12,14-16H,8-10,13,26H2,1-7H3. The lowest BCUT2D eigenvalue weighted by Crippen LogP contribution is -2.44. The molecule has 10 nitrogen and oxygen atoms in total. The van der Waals surface area contributed by atoms with Crippen molar-refractivity contribution in [2.45, 2.75) is 72.0 Å². The molecule has 2 rings (SSSR count). The summed E-state index contributed by atoms with van der Waals surface area (Å²) in [7, 11) is 1.57. The number of carbonyl (C=O) groups excluding carboxylic acids is 2. The number of aromatic nitrogens is 2. The molecular weight excluding hydrogens is 452 g/mol. The van der Waals surface area contributed by atoms with Crippen LogP contribution in [0.1, 0.15) is 59.9 Å². The molecule has 0 unspecified atom stereocenters. The summed E-state index contributed by atoms with van der Waals surface area (Å²) in [6.45, 7) is 10.7. The minimum Gasteiger partial charge on any atom is -0.493 e. The van der Waals surface area contributed by atoms with E-state index in [1.165, 1.54) is 0 Å². The highest BCUT2D eigenvalue weighted by Crippen LogP contribution is 2.29. The Hall–Kier alpha value is -3.56. The van der Waals surface area contributed by atoms with Crippen molar-refractivity contribution in [3.05, 3.63) is 36.2 Å². The molecule has 0 atom stereocenters. The average Bonchev–Trinajstić information content (AvgIpc) is 2.73. The lowest BCUT2D eigenvalue weighted by molar-refractivity contribution is 0.0427. The molecule has 1 heterocycles. The predicted octanol–water partition coefficient (Wildman–Crippen LogP) is 5.15. The minimum absolute atomic E-state index is 0.115. The molecule has 10 heteroatoms. The van der Waals surface area contributed by atoms with Crippen LogP contribution in [0, 0.1) is 0 Å². The molecule has 0 fully saturated rings. The lowest BCUT2D eigenvalue weighted by atomic mass is 10.1. The SMILES string of the molecule is COc1cc(N)ccc1OCCCCc1cnc(N(C(=O)OC(C)(C)C)C(=O)OC(C)(C)C)nc1. The van der Waals surface area contributed by atoms with Gasteiger partial charge in [0, 0.05) is 24.1 Å². The Kier molecular flexibility index (Phi) is 9.27. The molecule has 1 aromatic carbocycles. The number of unbranched alkanes of at least 4 members (excludes halogenated alkanes) is 1. The first-order valence-corrected chi connectivity index (χ1v) is 11.4. The van der Waals surface area contributed by atoms with Crippen molar-refractivity contribution in [3.63, 3.8) is 0 Å². The molecule has 0 radical (unpaired) electrons. The van der Waals surface area contributed by atoms with Crippen molar-refractivity contribution in [2.24, 2.45) is 0 Å². The Balaban J connectivity index is 1.97. The number of hydrogen-bond donors (Lipinski definition) is 1. The molecule has 0 saturated heterocycles. The first kappa shape index (κ1) is 27.7. The molecule has 35 heavy (non-hydrogen) atoms. The van der Waals surface area contributed by atoms with E-state index in [1.807, 2.05) is 0 Å².